The molecule has 0 aromatic rings. The highest BCUT2D eigenvalue weighted by atomic mass is 16.6. The van der Waals surface area contributed by atoms with Crippen molar-refractivity contribution in [1.29, 1.82) is 0 Å². The zero-order chi connectivity index (χ0) is 26.3. The smallest absolute Gasteiger partial charge is 0.311 e. The van der Waals surface area contributed by atoms with E-state index in [2.05, 4.69) is 13.0 Å². The molecule has 4 N–H and O–H groups in total. The van der Waals surface area contributed by atoms with E-state index in [9.17, 15) is 25.2 Å². The van der Waals surface area contributed by atoms with Crippen molar-refractivity contribution in [2.45, 2.75) is 109 Å². The number of cyclic esters (lactones) is 1. The fourth-order valence-corrected chi connectivity index (χ4v) is 4.43. The van der Waals surface area contributed by atoms with Gasteiger partial charge < -0.3 is 29.9 Å². The average Bonchev–Trinajstić information content (AvgIpc) is 3.58. The van der Waals surface area contributed by atoms with E-state index in [1.807, 2.05) is 32.9 Å². The van der Waals surface area contributed by atoms with Gasteiger partial charge in [-0.15, -0.1) is 0 Å². The summed E-state index contributed by atoms with van der Waals surface area (Å²) >= 11 is 0. The summed E-state index contributed by atoms with van der Waals surface area (Å²) in [4.78, 5) is 12.6. The largest absolute Gasteiger partial charge is 0.457 e. The number of hydrogen-bond acceptors (Lipinski definition) is 7. The van der Waals surface area contributed by atoms with Crippen LogP contribution in [0.5, 0.6) is 0 Å². The minimum absolute atomic E-state index is 0.119. The summed E-state index contributed by atoms with van der Waals surface area (Å²) in [5.74, 6) is -1.07. The van der Waals surface area contributed by atoms with E-state index < -0.39 is 35.8 Å². The molecule has 200 valence electrons. The SMILES string of the molecule is CCC(O)C(C)C1OC1CC(C)/C=C/C=C/C1OC(=O)C(C)C(O)CCC(C)(O)C(O)/C=C/C1C. The Balaban J connectivity index is 2.01. The number of rotatable bonds is 8. The lowest BCUT2D eigenvalue weighted by molar-refractivity contribution is -0.157. The van der Waals surface area contributed by atoms with Gasteiger partial charge in [-0.1, -0.05) is 58.1 Å². The van der Waals surface area contributed by atoms with E-state index in [-0.39, 0.29) is 48.9 Å². The number of epoxide rings is 1. The van der Waals surface area contributed by atoms with Gasteiger partial charge in [0.15, 0.2) is 0 Å². The second-order valence-corrected chi connectivity index (χ2v) is 10.8. The van der Waals surface area contributed by atoms with Gasteiger partial charge >= 0.3 is 5.97 Å². The van der Waals surface area contributed by atoms with Crippen LogP contribution < -0.4 is 0 Å². The van der Waals surface area contributed by atoms with Crippen molar-refractivity contribution in [3.63, 3.8) is 0 Å². The highest BCUT2D eigenvalue weighted by molar-refractivity contribution is 5.73. The van der Waals surface area contributed by atoms with Crippen molar-refractivity contribution in [3.8, 4) is 0 Å². The van der Waals surface area contributed by atoms with Gasteiger partial charge in [0.25, 0.3) is 0 Å². The predicted octanol–water partition coefficient (Wildman–Crippen LogP) is 3.31. The topological polar surface area (TPSA) is 120 Å². The molecule has 1 saturated heterocycles. The second-order valence-electron chi connectivity index (χ2n) is 10.8. The van der Waals surface area contributed by atoms with Crippen LogP contribution in [0.2, 0.25) is 0 Å². The fraction of sp³-hybridized carbons (Fsp3) is 0.750. The van der Waals surface area contributed by atoms with Gasteiger partial charge in [-0.3, -0.25) is 4.79 Å². The number of carbonyl (C=O) groups excluding carboxylic acids is 1. The second kappa shape index (κ2) is 13.2. The lowest BCUT2D eigenvalue weighted by Gasteiger charge is -2.31. The maximum atomic E-state index is 12.6. The van der Waals surface area contributed by atoms with E-state index in [0.29, 0.717) is 0 Å². The lowest BCUT2D eigenvalue weighted by Crippen LogP contribution is -2.41. The Bertz CT molecular complexity index is 758. The molecule has 0 aromatic heterocycles. The monoisotopic (exact) mass is 494 g/mol. The summed E-state index contributed by atoms with van der Waals surface area (Å²) in [7, 11) is 0. The zero-order valence-electron chi connectivity index (χ0n) is 22.1. The summed E-state index contributed by atoms with van der Waals surface area (Å²) in [6.07, 6.45) is 10.1. The van der Waals surface area contributed by atoms with Gasteiger partial charge in [-0.25, -0.2) is 0 Å². The third-order valence-corrected chi connectivity index (χ3v) is 7.52. The fourth-order valence-electron chi connectivity index (χ4n) is 4.43. The average molecular weight is 495 g/mol. The molecule has 0 radical (unpaired) electrons. The highest BCUT2D eigenvalue weighted by Crippen LogP contribution is 2.36. The van der Waals surface area contributed by atoms with Gasteiger partial charge in [0, 0.05) is 11.8 Å². The van der Waals surface area contributed by atoms with Crippen molar-refractivity contribution in [3.05, 3.63) is 36.5 Å². The van der Waals surface area contributed by atoms with E-state index in [1.54, 1.807) is 19.1 Å². The number of ether oxygens (including phenoxy) is 2. The van der Waals surface area contributed by atoms with Crippen molar-refractivity contribution in [2.75, 3.05) is 0 Å². The molecule has 0 bridgehead atoms. The van der Waals surface area contributed by atoms with Gasteiger partial charge in [0.2, 0.25) is 0 Å². The Morgan fingerprint density at radius 3 is 2.54 bits per heavy atom. The number of aliphatic hydroxyl groups is 4. The van der Waals surface area contributed by atoms with Crippen LogP contribution in [0.15, 0.2) is 36.5 Å². The Morgan fingerprint density at radius 1 is 1.20 bits per heavy atom. The molecule has 1 fully saturated rings. The van der Waals surface area contributed by atoms with Gasteiger partial charge in [0.05, 0.1) is 35.9 Å². The molecule has 2 heterocycles. The van der Waals surface area contributed by atoms with Crippen molar-refractivity contribution in [2.24, 2.45) is 23.7 Å². The molecule has 11 atom stereocenters. The first-order valence-electron chi connectivity index (χ1n) is 13.0. The molecule has 7 nitrogen and oxygen atoms in total. The molecule has 2 rings (SSSR count). The first-order valence-corrected chi connectivity index (χ1v) is 13.0. The molecular formula is C28H46O7. The summed E-state index contributed by atoms with van der Waals surface area (Å²) < 4.78 is 11.5. The first-order chi connectivity index (χ1) is 16.4. The van der Waals surface area contributed by atoms with Crippen molar-refractivity contribution < 1.29 is 34.7 Å². The third kappa shape index (κ3) is 8.83. The summed E-state index contributed by atoms with van der Waals surface area (Å²) in [5, 5.41) is 41.4. The molecule has 2 aliphatic rings. The molecular weight excluding hydrogens is 448 g/mol. The Labute approximate surface area is 210 Å². The molecule has 0 amide bonds. The van der Waals surface area contributed by atoms with E-state index >= 15 is 0 Å². The van der Waals surface area contributed by atoms with Crippen LogP contribution in [0, 0.1) is 23.7 Å². The third-order valence-electron chi connectivity index (χ3n) is 7.52. The van der Waals surface area contributed by atoms with Crippen molar-refractivity contribution >= 4 is 5.97 Å². The van der Waals surface area contributed by atoms with Crippen LogP contribution in [-0.2, 0) is 14.3 Å². The molecule has 11 unspecified atom stereocenters. The van der Waals surface area contributed by atoms with E-state index in [0.717, 1.165) is 12.8 Å². The number of hydrogen-bond donors (Lipinski definition) is 4. The van der Waals surface area contributed by atoms with Crippen LogP contribution in [0.3, 0.4) is 0 Å². The quantitative estimate of drug-likeness (QED) is 0.177. The normalized spacial score (nSPS) is 40.5. The molecule has 0 saturated carbocycles. The van der Waals surface area contributed by atoms with Gasteiger partial charge in [0.1, 0.15) is 12.2 Å². The highest BCUT2D eigenvalue weighted by Gasteiger charge is 2.44. The number of allylic oxidation sites excluding steroid dienone is 3. The maximum Gasteiger partial charge on any atom is 0.311 e. The van der Waals surface area contributed by atoms with Gasteiger partial charge in [-0.05, 0) is 51.5 Å². The van der Waals surface area contributed by atoms with Crippen molar-refractivity contribution in [1.82, 2.24) is 0 Å². The summed E-state index contributed by atoms with van der Waals surface area (Å²) in [6.45, 7) is 11.1. The maximum absolute atomic E-state index is 12.6. The molecule has 0 aromatic carbocycles. The first kappa shape index (κ1) is 29.7. The Kier molecular flexibility index (Phi) is 11.2. The molecule has 0 spiro atoms. The summed E-state index contributed by atoms with van der Waals surface area (Å²) in [6, 6.07) is 0. The van der Waals surface area contributed by atoms with Crippen LogP contribution in [0.4, 0.5) is 0 Å². The molecule has 0 aliphatic carbocycles. The summed E-state index contributed by atoms with van der Waals surface area (Å²) in [5.41, 5.74) is -1.40. The number of esters is 1. The molecule has 2 aliphatic heterocycles. The van der Waals surface area contributed by atoms with E-state index in [1.165, 1.54) is 13.0 Å². The number of carbonyl (C=O) groups is 1. The Hall–Kier alpha value is -1.51. The molecule has 7 heteroatoms. The Morgan fingerprint density at radius 2 is 1.89 bits per heavy atom. The van der Waals surface area contributed by atoms with E-state index in [4.69, 9.17) is 9.47 Å². The van der Waals surface area contributed by atoms with Crippen LogP contribution >= 0.6 is 0 Å². The lowest BCUT2D eigenvalue weighted by atomic mass is 9.88. The van der Waals surface area contributed by atoms with Crippen LogP contribution in [-0.4, -0.2) is 68.6 Å². The van der Waals surface area contributed by atoms with Crippen LogP contribution in [0.25, 0.3) is 0 Å². The number of aliphatic hydroxyl groups excluding tert-OH is 3. The minimum atomic E-state index is -1.40. The van der Waals surface area contributed by atoms with Gasteiger partial charge in [-0.2, -0.15) is 0 Å². The standard InChI is InChI=1S/C28H46O7/c1-7-21(29)19(4)26-24(34-26)16-17(2)10-8-9-11-23-18(3)12-13-25(31)28(6,33)15-14-22(30)20(5)27(32)35-23/h8-13,17-26,29-31,33H,7,14-16H2,1-6H3/b10-8+,11-9+,13-12+. The molecule has 35 heavy (non-hydrogen) atoms. The van der Waals surface area contributed by atoms with Crippen LogP contribution in [0.1, 0.15) is 67.2 Å². The minimum Gasteiger partial charge on any atom is -0.457 e. The zero-order valence-corrected chi connectivity index (χ0v) is 22.1. The predicted molar refractivity (Wildman–Crippen MR) is 135 cm³/mol.